The Morgan fingerprint density at radius 3 is 2.00 bits per heavy atom. The van der Waals surface area contributed by atoms with Gasteiger partial charge in [-0.05, 0) is 94.2 Å². The topological polar surface area (TPSA) is 96.2 Å². The van der Waals surface area contributed by atoms with Gasteiger partial charge in [-0.15, -0.1) is 0 Å². The van der Waals surface area contributed by atoms with Gasteiger partial charge in [0, 0.05) is 11.5 Å². The van der Waals surface area contributed by atoms with Crippen LogP contribution in [0.5, 0.6) is 11.5 Å². The molecule has 4 unspecified atom stereocenters. The molecule has 0 radical (unpaired) electrons. The molecule has 6 heteroatoms. The van der Waals surface area contributed by atoms with Crippen molar-refractivity contribution in [1.29, 1.82) is 0 Å². The summed E-state index contributed by atoms with van der Waals surface area (Å²) in [6, 6.07) is 0. The Morgan fingerprint density at radius 2 is 1.46 bits per heavy atom. The molecule has 1 heterocycles. The molecular weight excluding hydrogens is 492 g/mol. The van der Waals surface area contributed by atoms with Crippen LogP contribution in [-0.2, 0) is 6.42 Å². The van der Waals surface area contributed by atoms with Gasteiger partial charge >= 0.3 is 6.16 Å². The Hall–Kier alpha value is -1.79. The highest BCUT2D eigenvalue weighted by Gasteiger charge is 2.42. The van der Waals surface area contributed by atoms with Crippen LogP contribution in [0.25, 0.3) is 0 Å². The van der Waals surface area contributed by atoms with Crippen LogP contribution in [-0.4, -0.2) is 33.4 Å². The second-order valence-electron chi connectivity index (χ2n) is 13.1. The summed E-state index contributed by atoms with van der Waals surface area (Å²) in [5.74, 6) is 3.60. The number of aliphatic hydroxyl groups excluding tert-OH is 1. The third-order valence-corrected chi connectivity index (χ3v) is 9.17. The number of ether oxygens (including phenoxy) is 2. The maximum Gasteiger partial charge on any atom is 0.511 e. The Labute approximate surface area is 237 Å². The Bertz CT molecular complexity index is 924. The maximum atomic E-state index is 11.3. The molecule has 39 heavy (non-hydrogen) atoms. The van der Waals surface area contributed by atoms with E-state index in [-0.39, 0.29) is 12.3 Å². The quantitative estimate of drug-likeness (QED) is 0.109. The van der Waals surface area contributed by atoms with Crippen LogP contribution >= 0.6 is 0 Å². The summed E-state index contributed by atoms with van der Waals surface area (Å²) in [4.78, 5) is 11.3. The molecule has 2 rings (SSSR count). The number of rotatable bonds is 16. The molecule has 4 atom stereocenters. The van der Waals surface area contributed by atoms with E-state index in [9.17, 15) is 20.1 Å². The van der Waals surface area contributed by atoms with Crippen LogP contribution in [0.1, 0.15) is 128 Å². The van der Waals surface area contributed by atoms with E-state index in [1.54, 1.807) is 0 Å². The first-order chi connectivity index (χ1) is 18.2. The molecule has 1 aromatic carbocycles. The van der Waals surface area contributed by atoms with E-state index in [4.69, 9.17) is 9.47 Å². The van der Waals surface area contributed by atoms with E-state index in [0.717, 1.165) is 59.1 Å². The summed E-state index contributed by atoms with van der Waals surface area (Å²) < 4.78 is 12.0. The van der Waals surface area contributed by atoms with Crippen molar-refractivity contribution < 1.29 is 29.6 Å². The van der Waals surface area contributed by atoms with Crippen molar-refractivity contribution in [3.63, 3.8) is 0 Å². The van der Waals surface area contributed by atoms with Gasteiger partial charge in [-0.3, -0.25) is 0 Å². The predicted octanol–water partition coefficient (Wildman–Crippen LogP) is 8.51. The van der Waals surface area contributed by atoms with Crippen molar-refractivity contribution in [3.05, 3.63) is 22.3 Å². The first-order valence-corrected chi connectivity index (χ1v) is 15.3. The molecule has 0 amide bonds. The van der Waals surface area contributed by atoms with Crippen molar-refractivity contribution in [2.45, 2.75) is 144 Å². The van der Waals surface area contributed by atoms with Crippen molar-refractivity contribution in [2.75, 3.05) is 0 Å². The third-order valence-electron chi connectivity index (χ3n) is 9.17. The highest BCUT2D eigenvalue weighted by atomic mass is 16.7. The highest BCUT2D eigenvalue weighted by molar-refractivity contribution is 5.67. The fourth-order valence-electron chi connectivity index (χ4n) is 6.35. The number of benzene rings is 1. The molecule has 6 nitrogen and oxygen atoms in total. The molecule has 0 aromatic heterocycles. The second kappa shape index (κ2) is 15.3. The fraction of sp³-hybridized carbons (Fsp3) is 0.788. The van der Waals surface area contributed by atoms with E-state index >= 15 is 0 Å². The average Bonchev–Trinajstić information content (AvgIpc) is 2.83. The summed E-state index contributed by atoms with van der Waals surface area (Å²) in [5, 5.41) is 28.5. The monoisotopic (exact) mass is 548 g/mol. The molecule has 0 fully saturated rings. The lowest BCUT2D eigenvalue weighted by atomic mass is 9.74. The maximum absolute atomic E-state index is 11.3. The van der Waals surface area contributed by atoms with Gasteiger partial charge in [0.15, 0.2) is 6.29 Å². The summed E-state index contributed by atoms with van der Waals surface area (Å²) >= 11 is 0. The van der Waals surface area contributed by atoms with Gasteiger partial charge in [-0.1, -0.05) is 72.6 Å². The Balaban J connectivity index is 2.04. The highest BCUT2D eigenvalue weighted by Crippen LogP contribution is 2.48. The average molecular weight is 549 g/mol. The number of hydrogen-bond acceptors (Lipinski definition) is 5. The fourth-order valence-corrected chi connectivity index (χ4v) is 6.35. The van der Waals surface area contributed by atoms with Crippen LogP contribution in [0.2, 0.25) is 0 Å². The van der Waals surface area contributed by atoms with Crippen LogP contribution in [0, 0.1) is 44.4 Å². The molecule has 1 aliphatic rings. The molecule has 0 spiro atoms. The van der Waals surface area contributed by atoms with Crippen molar-refractivity contribution in [3.8, 4) is 11.5 Å². The molecule has 0 aliphatic carbocycles. The van der Waals surface area contributed by atoms with Gasteiger partial charge in [0.05, 0.1) is 0 Å². The number of aliphatic hydroxyl groups is 2. The normalized spacial score (nSPS) is 20.6. The van der Waals surface area contributed by atoms with E-state index in [0.29, 0.717) is 24.5 Å². The van der Waals surface area contributed by atoms with E-state index in [1.807, 2.05) is 20.8 Å². The minimum absolute atomic E-state index is 0.0901. The first-order valence-electron chi connectivity index (χ1n) is 15.3. The van der Waals surface area contributed by atoms with Gasteiger partial charge < -0.3 is 24.8 Å². The van der Waals surface area contributed by atoms with Gasteiger partial charge in [-0.2, -0.15) is 0 Å². The van der Waals surface area contributed by atoms with Crippen molar-refractivity contribution >= 4 is 6.16 Å². The summed E-state index contributed by atoms with van der Waals surface area (Å²) in [7, 11) is 0. The molecule has 0 saturated heterocycles. The zero-order valence-electron chi connectivity index (χ0n) is 25.9. The lowest BCUT2D eigenvalue weighted by Gasteiger charge is -2.44. The molecule has 1 aromatic rings. The van der Waals surface area contributed by atoms with Crippen LogP contribution < -0.4 is 9.47 Å². The summed E-state index contributed by atoms with van der Waals surface area (Å²) in [5.41, 5.74) is 3.03. The van der Waals surface area contributed by atoms with Crippen molar-refractivity contribution in [1.82, 2.24) is 0 Å². The lowest BCUT2D eigenvalue weighted by molar-refractivity contribution is -0.0629. The molecule has 0 bridgehead atoms. The SMILES string of the molecule is Cc1c(C)c2c(c(C)c1OC(=O)O)CC(CCC(O)O)C(C)(CCCC(C)CCCC(C)CCCC(C)C)O2. The minimum atomic E-state index is -1.35. The van der Waals surface area contributed by atoms with E-state index in [1.165, 1.54) is 38.5 Å². The molecule has 224 valence electrons. The zero-order valence-corrected chi connectivity index (χ0v) is 25.9. The summed E-state index contributed by atoms with van der Waals surface area (Å²) in [6.07, 6.45) is 9.95. The van der Waals surface area contributed by atoms with Gasteiger partial charge in [-0.25, -0.2) is 4.79 Å². The van der Waals surface area contributed by atoms with E-state index in [2.05, 4.69) is 34.6 Å². The molecule has 0 saturated carbocycles. The van der Waals surface area contributed by atoms with Gasteiger partial charge in [0.2, 0.25) is 0 Å². The zero-order chi connectivity index (χ0) is 29.3. The number of carboxylic acid groups (broad SMARTS) is 1. The van der Waals surface area contributed by atoms with Crippen LogP contribution in [0.4, 0.5) is 4.79 Å². The summed E-state index contributed by atoms with van der Waals surface area (Å²) in [6.45, 7) is 17.3. The number of carbonyl (C=O) groups is 1. The predicted molar refractivity (Wildman–Crippen MR) is 158 cm³/mol. The number of fused-ring (bicyclic) bond motifs is 1. The lowest BCUT2D eigenvalue weighted by Crippen LogP contribution is -2.46. The van der Waals surface area contributed by atoms with Gasteiger partial charge in [0.25, 0.3) is 0 Å². The Morgan fingerprint density at radius 1 is 0.897 bits per heavy atom. The Kier molecular flexibility index (Phi) is 13.1. The number of hydrogen-bond donors (Lipinski definition) is 3. The van der Waals surface area contributed by atoms with Gasteiger partial charge in [0.1, 0.15) is 17.1 Å². The van der Waals surface area contributed by atoms with Crippen LogP contribution in [0.15, 0.2) is 0 Å². The first kappa shape index (κ1) is 33.4. The van der Waals surface area contributed by atoms with E-state index < -0.39 is 18.0 Å². The van der Waals surface area contributed by atoms with Crippen LogP contribution in [0.3, 0.4) is 0 Å². The molecule has 1 aliphatic heterocycles. The smallest absolute Gasteiger partial charge is 0.487 e. The molecule has 3 N–H and O–H groups in total. The largest absolute Gasteiger partial charge is 0.511 e. The second-order valence-corrected chi connectivity index (χ2v) is 13.1. The van der Waals surface area contributed by atoms with Crippen molar-refractivity contribution in [2.24, 2.45) is 23.7 Å². The standard InChI is InChI=1S/C33H56O6/c1-21(2)12-9-13-22(3)14-10-15-23(4)16-11-19-33(8)27(17-18-29(34)35)20-28-26(7)30(38-32(36)37)24(5)25(6)31(28)39-33/h21-23,27,29,34-35H,9-20H2,1-8H3,(H,36,37). The third kappa shape index (κ3) is 9.97. The molecular formula is C33H56O6. The minimum Gasteiger partial charge on any atom is -0.487 e.